The molecule has 3 heteroatoms. The van der Waals surface area contributed by atoms with E-state index in [1.165, 1.54) is 0 Å². The maximum atomic E-state index is 12.7. The Labute approximate surface area is 71.6 Å². The summed E-state index contributed by atoms with van der Waals surface area (Å²) in [6, 6.07) is 0. The smallest absolute Gasteiger partial charge is 0.248 e. The van der Waals surface area contributed by atoms with Crippen LogP contribution in [-0.4, -0.2) is 5.92 Å². The molecule has 0 aliphatic heterocycles. The standard InChI is InChI=1S/C9H15F2N/c1-2-8(12)7-3-5-9(10,11)6-4-7/h2,7H,3-6,12H2,1H3. The fourth-order valence-corrected chi connectivity index (χ4v) is 1.61. The van der Waals surface area contributed by atoms with Crippen molar-refractivity contribution in [3.05, 3.63) is 11.8 Å². The van der Waals surface area contributed by atoms with Gasteiger partial charge in [0.1, 0.15) is 0 Å². The maximum absolute atomic E-state index is 12.7. The van der Waals surface area contributed by atoms with E-state index < -0.39 is 5.92 Å². The van der Waals surface area contributed by atoms with Gasteiger partial charge in [-0.15, -0.1) is 0 Å². The third-order valence-corrected chi connectivity index (χ3v) is 2.52. The zero-order valence-electron chi connectivity index (χ0n) is 7.32. The normalized spacial score (nSPS) is 25.8. The Morgan fingerprint density at radius 3 is 2.33 bits per heavy atom. The molecule has 0 unspecified atom stereocenters. The average molecular weight is 175 g/mol. The van der Waals surface area contributed by atoms with Crippen LogP contribution in [0.15, 0.2) is 11.8 Å². The van der Waals surface area contributed by atoms with Crippen LogP contribution >= 0.6 is 0 Å². The van der Waals surface area contributed by atoms with Gasteiger partial charge >= 0.3 is 0 Å². The van der Waals surface area contributed by atoms with E-state index in [9.17, 15) is 8.78 Å². The van der Waals surface area contributed by atoms with Gasteiger partial charge in [-0.1, -0.05) is 6.08 Å². The van der Waals surface area contributed by atoms with Crippen LogP contribution in [0.5, 0.6) is 0 Å². The second-order valence-electron chi connectivity index (χ2n) is 3.42. The predicted molar refractivity (Wildman–Crippen MR) is 44.8 cm³/mol. The molecular formula is C9H15F2N. The third-order valence-electron chi connectivity index (χ3n) is 2.52. The van der Waals surface area contributed by atoms with Crippen LogP contribution in [0.25, 0.3) is 0 Å². The van der Waals surface area contributed by atoms with Crippen molar-refractivity contribution in [2.45, 2.75) is 38.5 Å². The van der Waals surface area contributed by atoms with Gasteiger partial charge in [0, 0.05) is 18.5 Å². The maximum Gasteiger partial charge on any atom is 0.248 e. The molecule has 0 heterocycles. The van der Waals surface area contributed by atoms with Crippen molar-refractivity contribution in [2.75, 3.05) is 0 Å². The minimum Gasteiger partial charge on any atom is -0.402 e. The molecule has 0 radical (unpaired) electrons. The highest BCUT2D eigenvalue weighted by molar-refractivity contribution is 5.02. The predicted octanol–water partition coefficient (Wildman–Crippen LogP) is 2.67. The second-order valence-corrected chi connectivity index (χ2v) is 3.42. The molecule has 0 aromatic rings. The zero-order valence-corrected chi connectivity index (χ0v) is 7.32. The minimum absolute atomic E-state index is 0.00773. The topological polar surface area (TPSA) is 26.0 Å². The molecule has 70 valence electrons. The first-order valence-electron chi connectivity index (χ1n) is 4.34. The second kappa shape index (κ2) is 3.42. The number of hydrogen-bond acceptors (Lipinski definition) is 1. The Bertz CT molecular complexity index is 177. The molecule has 1 aliphatic rings. The fourth-order valence-electron chi connectivity index (χ4n) is 1.61. The Morgan fingerprint density at radius 1 is 1.42 bits per heavy atom. The van der Waals surface area contributed by atoms with Crippen molar-refractivity contribution in [3.63, 3.8) is 0 Å². The zero-order chi connectivity index (χ0) is 9.19. The van der Waals surface area contributed by atoms with Gasteiger partial charge < -0.3 is 5.73 Å². The fraction of sp³-hybridized carbons (Fsp3) is 0.778. The van der Waals surface area contributed by atoms with E-state index in [0.29, 0.717) is 12.8 Å². The van der Waals surface area contributed by atoms with Crippen molar-refractivity contribution < 1.29 is 8.78 Å². The summed E-state index contributed by atoms with van der Waals surface area (Å²) in [7, 11) is 0. The van der Waals surface area contributed by atoms with Gasteiger partial charge in [-0.2, -0.15) is 0 Å². The molecule has 0 atom stereocenters. The van der Waals surface area contributed by atoms with E-state index in [4.69, 9.17) is 5.73 Å². The number of nitrogens with two attached hydrogens (primary N) is 1. The van der Waals surface area contributed by atoms with Crippen LogP contribution in [0.2, 0.25) is 0 Å². The molecule has 0 saturated heterocycles. The molecule has 0 bridgehead atoms. The highest BCUT2D eigenvalue weighted by Crippen LogP contribution is 2.37. The number of alkyl halides is 2. The first-order chi connectivity index (χ1) is 5.55. The average Bonchev–Trinajstić information content (AvgIpc) is 2.03. The van der Waals surface area contributed by atoms with E-state index in [0.717, 1.165) is 5.70 Å². The summed E-state index contributed by atoms with van der Waals surface area (Å²) in [6.45, 7) is 1.85. The van der Waals surface area contributed by atoms with Gasteiger partial charge in [0.25, 0.3) is 0 Å². The molecule has 1 fully saturated rings. The van der Waals surface area contributed by atoms with Crippen molar-refractivity contribution in [2.24, 2.45) is 11.7 Å². The molecule has 2 N–H and O–H groups in total. The van der Waals surface area contributed by atoms with E-state index >= 15 is 0 Å². The number of hydrogen-bond donors (Lipinski definition) is 1. The molecule has 0 aromatic heterocycles. The summed E-state index contributed by atoms with van der Waals surface area (Å²) < 4.78 is 25.4. The Morgan fingerprint density at radius 2 is 1.92 bits per heavy atom. The molecule has 12 heavy (non-hydrogen) atoms. The van der Waals surface area contributed by atoms with Gasteiger partial charge in [0.05, 0.1) is 0 Å². The Balaban J connectivity index is 2.47. The van der Waals surface area contributed by atoms with Gasteiger partial charge in [-0.05, 0) is 25.7 Å². The van der Waals surface area contributed by atoms with Crippen molar-refractivity contribution >= 4 is 0 Å². The van der Waals surface area contributed by atoms with Crippen molar-refractivity contribution in [3.8, 4) is 0 Å². The lowest BCUT2D eigenvalue weighted by molar-refractivity contribution is -0.0422. The summed E-state index contributed by atoms with van der Waals surface area (Å²) in [5.74, 6) is -2.25. The van der Waals surface area contributed by atoms with Crippen LogP contribution in [0.4, 0.5) is 8.78 Å². The van der Waals surface area contributed by atoms with Crippen LogP contribution in [-0.2, 0) is 0 Å². The molecular weight excluding hydrogens is 160 g/mol. The monoisotopic (exact) mass is 175 g/mol. The Hall–Kier alpha value is -0.600. The van der Waals surface area contributed by atoms with E-state index in [1.807, 2.05) is 13.0 Å². The van der Waals surface area contributed by atoms with Gasteiger partial charge in [0.2, 0.25) is 5.92 Å². The number of halogens is 2. The molecule has 0 aromatic carbocycles. The first-order valence-corrected chi connectivity index (χ1v) is 4.34. The van der Waals surface area contributed by atoms with Crippen LogP contribution in [0, 0.1) is 5.92 Å². The minimum atomic E-state index is -2.44. The first kappa shape index (κ1) is 9.49. The van der Waals surface area contributed by atoms with Crippen LogP contribution in [0.1, 0.15) is 32.6 Å². The van der Waals surface area contributed by atoms with E-state index in [-0.39, 0.29) is 18.8 Å². The largest absolute Gasteiger partial charge is 0.402 e. The number of allylic oxidation sites excluding steroid dienone is 2. The van der Waals surface area contributed by atoms with Crippen molar-refractivity contribution in [1.82, 2.24) is 0 Å². The third kappa shape index (κ3) is 2.19. The van der Waals surface area contributed by atoms with Crippen LogP contribution in [0.3, 0.4) is 0 Å². The van der Waals surface area contributed by atoms with Crippen molar-refractivity contribution in [1.29, 1.82) is 0 Å². The summed E-state index contributed by atoms with van der Waals surface area (Å²) in [5.41, 5.74) is 6.42. The molecule has 1 rings (SSSR count). The van der Waals surface area contributed by atoms with Gasteiger partial charge in [-0.25, -0.2) is 8.78 Å². The Kier molecular flexibility index (Phi) is 2.70. The van der Waals surface area contributed by atoms with E-state index in [2.05, 4.69) is 0 Å². The molecule has 0 spiro atoms. The lowest BCUT2D eigenvalue weighted by Crippen LogP contribution is -2.27. The number of rotatable bonds is 1. The van der Waals surface area contributed by atoms with Crippen LogP contribution < -0.4 is 5.73 Å². The SMILES string of the molecule is CC=C(N)C1CCC(F)(F)CC1. The molecule has 0 amide bonds. The highest BCUT2D eigenvalue weighted by atomic mass is 19.3. The molecule has 1 nitrogen and oxygen atoms in total. The summed E-state index contributed by atoms with van der Waals surface area (Å²) in [4.78, 5) is 0. The summed E-state index contributed by atoms with van der Waals surface area (Å²) in [5, 5.41) is 0. The van der Waals surface area contributed by atoms with Gasteiger partial charge in [-0.3, -0.25) is 0 Å². The van der Waals surface area contributed by atoms with Gasteiger partial charge in [0.15, 0.2) is 0 Å². The van der Waals surface area contributed by atoms with E-state index in [1.54, 1.807) is 0 Å². The molecule has 1 aliphatic carbocycles. The summed E-state index contributed by atoms with van der Waals surface area (Å²) >= 11 is 0. The lowest BCUT2D eigenvalue weighted by Gasteiger charge is -2.28. The molecule has 1 saturated carbocycles. The lowest BCUT2D eigenvalue weighted by atomic mass is 9.85. The highest BCUT2D eigenvalue weighted by Gasteiger charge is 2.35. The summed E-state index contributed by atoms with van der Waals surface area (Å²) in [6.07, 6.45) is 2.86. The quantitative estimate of drug-likeness (QED) is 0.651.